The lowest BCUT2D eigenvalue weighted by Crippen LogP contribution is -1.99. The lowest BCUT2D eigenvalue weighted by molar-refractivity contribution is 0.224. The fourth-order valence-electron chi connectivity index (χ4n) is 2.30. The number of hydrogen-bond acceptors (Lipinski definition) is 2. The predicted octanol–water partition coefficient (Wildman–Crippen LogP) is 5.25. The Kier molecular flexibility index (Phi) is 3.55. The van der Waals surface area contributed by atoms with Gasteiger partial charge in [0.15, 0.2) is 0 Å². The van der Waals surface area contributed by atoms with E-state index in [1.807, 2.05) is 44.2 Å². The maximum Gasteiger partial charge on any atom is 0.115 e. The number of fused-ring (bicyclic) bond motifs is 1. The van der Waals surface area contributed by atoms with Crippen LogP contribution < -0.4 is 0 Å². The van der Waals surface area contributed by atoms with Gasteiger partial charge in [0.25, 0.3) is 0 Å². The van der Waals surface area contributed by atoms with Crippen molar-refractivity contribution in [2.45, 2.75) is 20.0 Å². The second kappa shape index (κ2) is 5.21. The van der Waals surface area contributed by atoms with Crippen molar-refractivity contribution in [2.24, 2.45) is 0 Å². The lowest BCUT2D eigenvalue weighted by atomic mass is 10.0. The normalized spacial score (nSPS) is 12.8. The van der Waals surface area contributed by atoms with E-state index in [0.29, 0.717) is 5.02 Å². The summed E-state index contributed by atoms with van der Waals surface area (Å²) in [7, 11) is 0. The van der Waals surface area contributed by atoms with Crippen molar-refractivity contribution in [2.75, 3.05) is 0 Å². The number of aliphatic hydroxyl groups excluding tert-OH is 1. The van der Waals surface area contributed by atoms with Gasteiger partial charge in [-0.05, 0) is 48.6 Å². The zero-order valence-electron chi connectivity index (χ0n) is 11.4. The second-order valence-corrected chi connectivity index (χ2v) is 6.57. The van der Waals surface area contributed by atoms with Crippen LogP contribution in [0.15, 0.2) is 42.5 Å². The quantitative estimate of drug-likeness (QED) is 0.685. The molecule has 0 bridgehead atoms. The molecular weight excluding hydrogens is 288 g/mol. The molecule has 20 heavy (non-hydrogen) atoms. The SMILES string of the molecule is Cc1cc(Cl)c(C(O)c2cc3ccccc3s2)cc1C. The molecule has 1 heterocycles. The van der Waals surface area contributed by atoms with Gasteiger partial charge in [0.1, 0.15) is 6.10 Å². The van der Waals surface area contributed by atoms with Gasteiger partial charge in [-0.2, -0.15) is 0 Å². The summed E-state index contributed by atoms with van der Waals surface area (Å²) in [5.41, 5.74) is 3.06. The molecule has 0 radical (unpaired) electrons. The topological polar surface area (TPSA) is 20.2 Å². The summed E-state index contributed by atoms with van der Waals surface area (Å²) in [4.78, 5) is 0.927. The van der Waals surface area contributed by atoms with Gasteiger partial charge in [-0.15, -0.1) is 11.3 Å². The molecule has 0 fully saturated rings. The Morgan fingerprint density at radius 1 is 1.05 bits per heavy atom. The van der Waals surface area contributed by atoms with Gasteiger partial charge in [0, 0.05) is 20.2 Å². The fraction of sp³-hybridized carbons (Fsp3) is 0.176. The van der Waals surface area contributed by atoms with Gasteiger partial charge >= 0.3 is 0 Å². The molecule has 0 aliphatic carbocycles. The first-order chi connectivity index (χ1) is 9.56. The highest BCUT2D eigenvalue weighted by Gasteiger charge is 2.17. The van der Waals surface area contributed by atoms with Crippen LogP contribution in [0.25, 0.3) is 10.1 Å². The van der Waals surface area contributed by atoms with Crippen LogP contribution >= 0.6 is 22.9 Å². The molecule has 2 aromatic carbocycles. The van der Waals surface area contributed by atoms with E-state index in [2.05, 4.69) is 12.1 Å². The summed E-state index contributed by atoms with van der Waals surface area (Å²) < 4.78 is 1.18. The van der Waals surface area contributed by atoms with E-state index in [-0.39, 0.29) is 0 Å². The largest absolute Gasteiger partial charge is 0.383 e. The van der Waals surface area contributed by atoms with E-state index in [9.17, 15) is 5.11 Å². The van der Waals surface area contributed by atoms with Crippen LogP contribution in [0, 0.1) is 13.8 Å². The molecule has 3 rings (SSSR count). The summed E-state index contributed by atoms with van der Waals surface area (Å²) in [5, 5.41) is 12.4. The second-order valence-electron chi connectivity index (χ2n) is 5.05. The van der Waals surface area contributed by atoms with Gasteiger partial charge in [-0.3, -0.25) is 0 Å². The molecule has 3 heteroatoms. The molecule has 102 valence electrons. The third kappa shape index (κ3) is 2.35. The molecule has 0 aliphatic rings. The average molecular weight is 303 g/mol. The average Bonchev–Trinajstić information content (AvgIpc) is 2.86. The number of hydrogen-bond donors (Lipinski definition) is 1. The zero-order valence-corrected chi connectivity index (χ0v) is 12.9. The van der Waals surface area contributed by atoms with Crippen molar-refractivity contribution in [3.63, 3.8) is 0 Å². The third-order valence-corrected chi connectivity index (χ3v) is 5.12. The van der Waals surface area contributed by atoms with Crippen LogP contribution in [0.5, 0.6) is 0 Å². The number of aryl methyl sites for hydroxylation is 2. The van der Waals surface area contributed by atoms with Crippen molar-refractivity contribution in [3.8, 4) is 0 Å². The summed E-state index contributed by atoms with van der Waals surface area (Å²) in [6, 6.07) is 14.1. The Morgan fingerprint density at radius 2 is 1.75 bits per heavy atom. The summed E-state index contributed by atoms with van der Waals surface area (Å²) >= 11 is 7.90. The highest BCUT2D eigenvalue weighted by Crippen LogP contribution is 2.36. The molecule has 1 unspecified atom stereocenters. The van der Waals surface area contributed by atoms with E-state index in [4.69, 9.17) is 11.6 Å². The van der Waals surface area contributed by atoms with E-state index in [1.165, 1.54) is 4.70 Å². The highest BCUT2D eigenvalue weighted by atomic mass is 35.5. The third-order valence-electron chi connectivity index (χ3n) is 3.62. The van der Waals surface area contributed by atoms with Gasteiger partial charge in [0.05, 0.1) is 0 Å². The van der Waals surface area contributed by atoms with Crippen LogP contribution in [0.2, 0.25) is 5.02 Å². The summed E-state index contributed by atoms with van der Waals surface area (Å²) in [6.45, 7) is 4.06. The van der Waals surface area contributed by atoms with Gasteiger partial charge in [-0.1, -0.05) is 35.9 Å². The van der Waals surface area contributed by atoms with Gasteiger partial charge < -0.3 is 5.11 Å². The van der Waals surface area contributed by atoms with Gasteiger partial charge in [0.2, 0.25) is 0 Å². The van der Waals surface area contributed by atoms with Crippen LogP contribution in [0.4, 0.5) is 0 Å². The number of benzene rings is 2. The van der Waals surface area contributed by atoms with Crippen molar-refractivity contribution < 1.29 is 5.11 Å². The van der Waals surface area contributed by atoms with Crippen LogP contribution in [0.1, 0.15) is 27.7 Å². The predicted molar refractivity (Wildman–Crippen MR) is 86.8 cm³/mol. The Labute approximate surface area is 127 Å². The van der Waals surface area contributed by atoms with Crippen molar-refractivity contribution in [1.82, 2.24) is 0 Å². The van der Waals surface area contributed by atoms with E-state index < -0.39 is 6.10 Å². The van der Waals surface area contributed by atoms with Crippen molar-refractivity contribution in [3.05, 3.63) is 69.1 Å². The van der Waals surface area contributed by atoms with E-state index >= 15 is 0 Å². The molecule has 0 aliphatic heterocycles. The standard InChI is InChI=1S/C17H15ClOS/c1-10-7-13(14(18)8-11(10)2)17(19)16-9-12-5-3-4-6-15(12)20-16/h3-9,17,19H,1-2H3. The molecule has 1 atom stereocenters. The van der Waals surface area contributed by atoms with Crippen LogP contribution in [-0.4, -0.2) is 5.11 Å². The molecule has 1 aromatic heterocycles. The molecule has 0 spiro atoms. The summed E-state index contributed by atoms with van der Waals surface area (Å²) in [5.74, 6) is 0. The zero-order chi connectivity index (χ0) is 14.3. The molecular formula is C17H15ClOS. The maximum absolute atomic E-state index is 10.6. The van der Waals surface area contributed by atoms with Gasteiger partial charge in [-0.25, -0.2) is 0 Å². The summed E-state index contributed by atoms with van der Waals surface area (Å²) in [6.07, 6.45) is -0.667. The first kappa shape index (κ1) is 13.6. The molecule has 0 saturated carbocycles. The Bertz CT molecular complexity index is 743. The maximum atomic E-state index is 10.6. The number of halogens is 1. The van der Waals surface area contributed by atoms with E-state index in [0.717, 1.165) is 27.0 Å². The number of thiophene rings is 1. The lowest BCUT2D eigenvalue weighted by Gasteiger charge is -2.13. The van der Waals surface area contributed by atoms with Crippen LogP contribution in [-0.2, 0) is 0 Å². The number of aliphatic hydroxyl groups is 1. The first-order valence-electron chi connectivity index (χ1n) is 6.49. The molecule has 0 saturated heterocycles. The molecule has 1 nitrogen and oxygen atoms in total. The monoisotopic (exact) mass is 302 g/mol. The number of rotatable bonds is 2. The Balaban J connectivity index is 2.07. The Hall–Kier alpha value is -1.35. The highest BCUT2D eigenvalue weighted by molar-refractivity contribution is 7.19. The van der Waals surface area contributed by atoms with E-state index in [1.54, 1.807) is 11.3 Å². The molecule has 3 aromatic rings. The molecule has 0 amide bonds. The molecule has 1 N–H and O–H groups in total. The minimum Gasteiger partial charge on any atom is -0.383 e. The van der Waals surface area contributed by atoms with Crippen molar-refractivity contribution in [1.29, 1.82) is 0 Å². The first-order valence-corrected chi connectivity index (χ1v) is 7.69. The smallest absolute Gasteiger partial charge is 0.115 e. The minimum absolute atomic E-state index is 0.623. The van der Waals surface area contributed by atoms with Crippen LogP contribution in [0.3, 0.4) is 0 Å². The minimum atomic E-state index is -0.667. The fourth-order valence-corrected chi connectivity index (χ4v) is 3.69. The van der Waals surface area contributed by atoms with Crippen molar-refractivity contribution >= 4 is 33.0 Å². The Morgan fingerprint density at radius 3 is 2.50 bits per heavy atom.